The van der Waals surface area contributed by atoms with Crippen molar-refractivity contribution in [3.63, 3.8) is 0 Å². The zero-order valence-corrected chi connectivity index (χ0v) is 13.8. The lowest BCUT2D eigenvalue weighted by atomic mass is 10.2. The second kappa shape index (κ2) is 6.49. The number of hydrogen-bond acceptors (Lipinski definition) is 6. The molecule has 8 nitrogen and oxygen atoms in total. The molecule has 0 unspecified atom stereocenters. The number of carbonyl (C=O) groups excluding carboxylic acids is 1. The maximum atomic E-state index is 12.7. The van der Waals surface area contributed by atoms with Gasteiger partial charge in [0.25, 0.3) is 5.91 Å². The van der Waals surface area contributed by atoms with Gasteiger partial charge in [0.15, 0.2) is 5.82 Å². The van der Waals surface area contributed by atoms with Gasteiger partial charge in [0.2, 0.25) is 5.89 Å². The van der Waals surface area contributed by atoms with E-state index in [4.69, 9.17) is 4.52 Å². The predicted molar refractivity (Wildman–Crippen MR) is 82.8 cm³/mol. The topological polar surface area (TPSA) is 80.3 Å². The van der Waals surface area contributed by atoms with E-state index in [0.29, 0.717) is 30.4 Å². The van der Waals surface area contributed by atoms with Crippen molar-refractivity contribution in [1.82, 2.24) is 29.7 Å². The van der Waals surface area contributed by atoms with Gasteiger partial charge in [-0.3, -0.25) is 14.4 Å². The molecule has 1 saturated heterocycles. The Balaban J connectivity index is 1.62. The lowest BCUT2D eigenvalue weighted by Crippen LogP contribution is -2.35. The van der Waals surface area contributed by atoms with Crippen LogP contribution in [-0.2, 0) is 13.6 Å². The van der Waals surface area contributed by atoms with E-state index >= 15 is 0 Å². The van der Waals surface area contributed by atoms with E-state index in [1.54, 1.807) is 17.8 Å². The maximum Gasteiger partial charge on any atom is 0.257 e. The molecule has 3 rings (SSSR count). The molecule has 1 aliphatic rings. The van der Waals surface area contributed by atoms with Crippen molar-refractivity contribution in [2.24, 2.45) is 7.05 Å². The van der Waals surface area contributed by atoms with Gasteiger partial charge in [0, 0.05) is 46.3 Å². The highest BCUT2D eigenvalue weighted by molar-refractivity contribution is 5.95. The second-order valence-corrected chi connectivity index (χ2v) is 5.95. The molecular formula is C15H22N6O2. The minimum absolute atomic E-state index is 0.0628. The molecule has 0 N–H and O–H groups in total. The van der Waals surface area contributed by atoms with Crippen molar-refractivity contribution in [1.29, 1.82) is 0 Å². The molecule has 0 aliphatic carbocycles. The van der Waals surface area contributed by atoms with Crippen LogP contribution in [0.15, 0.2) is 10.7 Å². The van der Waals surface area contributed by atoms with E-state index in [1.807, 2.05) is 18.9 Å². The molecule has 3 heterocycles. The third kappa shape index (κ3) is 3.58. The highest BCUT2D eigenvalue weighted by Gasteiger charge is 2.23. The summed E-state index contributed by atoms with van der Waals surface area (Å²) in [5, 5.41) is 8.19. The van der Waals surface area contributed by atoms with E-state index in [9.17, 15) is 4.79 Å². The van der Waals surface area contributed by atoms with Crippen molar-refractivity contribution < 1.29 is 9.32 Å². The standard InChI is InChI=1S/C15H22N6O2/c1-11-13(9-19(3)17-11)15(22)21-6-4-5-20(7-8-21)10-14-16-12(2)23-18-14/h9H,4-8,10H2,1-3H3. The summed E-state index contributed by atoms with van der Waals surface area (Å²) in [6.07, 6.45) is 2.73. The van der Waals surface area contributed by atoms with Crippen molar-refractivity contribution in [3.8, 4) is 0 Å². The molecule has 1 fully saturated rings. The Hall–Kier alpha value is -2.22. The quantitative estimate of drug-likeness (QED) is 0.831. The van der Waals surface area contributed by atoms with Gasteiger partial charge >= 0.3 is 0 Å². The molecule has 1 amide bonds. The van der Waals surface area contributed by atoms with Crippen LogP contribution in [0.4, 0.5) is 0 Å². The number of nitrogens with zero attached hydrogens (tertiary/aromatic N) is 6. The molecule has 0 saturated carbocycles. The van der Waals surface area contributed by atoms with Crippen LogP contribution in [0.3, 0.4) is 0 Å². The van der Waals surface area contributed by atoms with Crippen LogP contribution in [0, 0.1) is 13.8 Å². The van der Waals surface area contributed by atoms with Crippen molar-refractivity contribution in [3.05, 3.63) is 29.2 Å². The van der Waals surface area contributed by atoms with E-state index < -0.39 is 0 Å². The third-order valence-electron chi connectivity index (χ3n) is 4.05. The molecule has 0 bridgehead atoms. The molecular weight excluding hydrogens is 296 g/mol. The summed E-state index contributed by atoms with van der Waals surface area (Å²) in [5.41, 5.74) is 1.47. The third-order valence-corrected chi connectivity index (χ3v) is 4.05. The average Bonchev–Trinajstić information content (AvgIpc) is 2.96. The Bertz CT molecular complexity index is 692. The Kier molecular flexibility index (Phi) is 4.42. The normalized spacial score (nSPS) is 16.6. The van der Waals surface area contributed by atoms with E-state index in [2.05, 4.69) is 20.1 Å². The molecule has 23 heavy (non-hydrogen) atoms. The molecule has 0 spiro atoms. The van der Waals surface area contributed by atoms with E-state index in [0.717, 1.165) is 31.7 Å². The Morgan fingerprint density at radius 2 is 2.09 bits per heavy atom. The van der Waals surface area contributed by atoms with Gasteiger partial charge in [-0.2, -0.15) is 10.1 Å². The SMILES string of the molecule is Cc1nc(CN2CCCN(C(=O)c3cn(C)nc3C)CC2)no1. The number of rotatable bonds is 3. The Morgan fingerprint density at radius 3 is 2.74 bits per heavy atom. The summed E-state index contributed by atoms with van der Waals surface area (Å²) in [7, 11) is 1.83. The van der Waals surface area contributed by atoms with Crippen molar-refractivity contribution in [2.75, 3.05) is 26.2 Å². The highest BCUT2D eigenvalue weighted by atomic mass is 16.5. The molecule has 2 aromatic heterocycles. The zero-order valence-electron chi connectivity index (χ0n) is 13.8. The Morgan fingerprint density at radius 1 is 1.26 bits per heavy atom. The van der Waals surface area contributed by atoms with Gasteiger partial charge in [0.1, 0.15) is 0 Å². The van der Waals surface area contributed by atoms with Gasteiger partial charge in [0.05, 0.1) is 17.8 Å². The van der Waals surface area contributed by atoms with Crippen LogP contribution < -0.4 is 0 Å². The van der Waals surface area contributed by atoms with Gasteiger partial charge in [-0.05, 0) is 13.3 Å². The molecule has 2 aromatic rings. The summed E-state index contributed by atoms with van der Waals surface area (Å²) in [4.78, 5) is 21.1. The molecule has 0 atom stereocenters. The monoisotopic (exact) mass is 318 g/mol. The van der Waals surface area contributed by atoms with Gasteiger partial charge in [-0.1, -0.05) is 5.16 Å². The highest BCUT2D eigenvalue weighted by Crippen LogP contribution is 2.13. The first-order valence-corrected chi connectivity index (χ1v) is 7.84. The van der Waals surface area contributed by atoms with Crippen LogP contribution in [0.25, 0.3) is 0 Å². The lowest BCUT2D eigenvalue weighted by molar-refractivity contribution is 0.0760. The van der Waals surface area contributed by atoms with Crippen LogP contribution in [0.2, 0.25) is 0 Å². The van der Waals surface area contributed by atoms with Crippen LogP contribution in [-0.4, -0.2) is 61.8 Å². The van der Waals surface area contributed by atoms with Crippen molar-refractivity contribution >= 4 is 5.91 Å². The average molecular weight is 318 g/mol. The fourth-order valence-electron chi connectivity index (χ4n) is 2.92. The Labute approximate surface area is 135 Å². The van der Waals surface area contributed by atoms with E-state index in [1.165, 1.54) is 0 Å². The molecule has 0 aromatic carbocycles. The van der Waals surface area contributed by atoms with Crippen LogP contribution >= 0.6 is 0 Å². The summed E-state index contributed by atoms with van der Waals surface area (Å²) in [6, 6.07) is 0. The fraction of sp³-hybridized carbons (Fsp3) is 0.600. The molecule has 8 heteroatoms. The molecule has 1 aliphatic heterocycles. The van der Waals surface area contributed by atoms with Crippen LogP contribution in [0.1, 0.15) is 34.2 Å². The molecule has 124 valence electrons. The summed E-state index contributed by atoms with van der Waals surface area (Å²) < 4.78 is 6.69. The minimum atomic E-state index is 0.0628. The smallest absolute Gasteiger partial charge is 0.257 e. The lowest BCUT2D eigenvalue weighted by Gasteiger charge is -2.21. The zero-order chi connectivity index (χ0) is 16.4. The molecule has 0 radical (unpaired) electrons. The number of amides is 1. The van der Waals surface area contributed by atoms with E-state index in [-0.39, 0.29) is 5.91 Å². The summed E-state index contributed by atoms with van der Waals surface area (Å²) in [6.45, 7) is 7.50. The van der Waals surface area contributed by atoms with Gasteiger partial charge in [-0.15, -0.1) is 0 Å². The second-order valence-electron chi connectivity index (χ2n) is 5.95. The first-order valence-electron chi connectivity index (χ1n) is 7.84. The van der Waals surface area contributed by atoms with Gasteiger partial charge in [-0.25, -0.2) is 0 Å². The number of carbonyl (C=O) groups is 1. The maximum absolute atomic E-state index is 12.7. The first kappa shape index (κ1) is 15.7. The fourth-order valence-corrected chi connectivity index (χ4v) is 2.92. The number of hydrogen-bond donors (Lipinski definition) is 0. The van der Waals surface area contributed by atoms with Crippen LogP contribution in [0.5, 0.6) is 0 Å². The minimum Gasteiger partial charge on any atom is -0.340 e. The summed E-state index contributed by atoms with van der Waals surface area (Å²) in [5.74, 6) is 1.34. The first-order chi connectivity index (χ1) is 11.0. The number of aryl methyl sites for hydroxylation is 3. The summed E-state index contributed by atoms with van der Waals surface area (Å²) >= 11 is 0. The van der Waals surface area contributed by atoms with Gasteiger partial charge < -0.3 is 9.42 Å². The predicted octanol–water partition coefficient (Wildman–Crippen LogP) is 0.768. The number of aromatic nitrogens is 4. The largest absolute Gasteiger partial charge is 0.340 e. The van der Waals surface area contributed by atoms with Crippen molar-refractivity contribution in [2.45, 2.75) is 26.8 Å².